The van der Waals surface area contributed by atoms with Crippen molar-refractivity contribution in [1.29, 1.82) is 0 Å². The van der Waals surface area contributed by atoms with Crippen LogP contribution >= 0.6 is 0 Å². The molecule has 0 aliphatic heterocycles. The van der Waals surface area contributed by atoms with Gasteiger partial charge in [-0.25, -0.2) is 4.79 Å². The maximum absolute atomic E-state index is 12.6. The quantitative estimate of drug-likeness (QED) is 0.482. The summed E-state index contributed by atoms with van der Waals surface area (Å²) in [6.45, 7) is 5.82. The second-order valence-electron chi connectivity index (χ2n) is 5.16. The van der Waals surface area contributed by atoms with E-state index in [4.69, 9.17) is 4.74 Å². The van der Waals surface area contributed by atoms with Gasteiger partial charge in [0.15, 0.2) is 0 Å². The summed E-state index contributed by atoms with van der Waals surface area (Å²) in [5.41, 5.74) is 2.94. The van der Waals surface area contributed by atoms with Gasteiger partial charge in [0, 0.05) is 23.5 Å². The van der Waals surface area contributed by atoms with Crippen LogP contribution in [-0.4, -0.2) is 22.9 Å². The summed E-state index contributed by atoms with van der Waals surface area (Å²) in [6, 6.07) is 7.88. The Balaban J connectivity index is 2.47. The molecule has 116 valence electrons. The van der Waals surface area contributed by atoms with E-state index in [1.165, 1.54) is 6.08 Å². The Bertz CT molecular complexity index is 714. The molecule has 1 aromatic carbocycles. The number of benzene rings is 1. The minimum Gasteiger partial charge on any atom is -0.463 e. The third-order valence-electron chi connectivity index (χ3n) is 3.82. The molecule has 0 saturated heterocycles. The van der Waals surface area contributed by atoms with Crippen LogP contribution in [0.5, 0.6) is 0 Å². The standard InChI is InChI=1S/C18H21NO3/c1-5-13(18(21)22-6-2)11-16(20)17-12(3)14-9-7-8-10-15(14)19(17)4/h7-11H,5-6H2,1-4H3. The fourth-order valence-electron chi connectivity index (χ4n) is 2.69. The zero-order valence-electron chi connectivity index (χ0n) is 13.5. The molecule has 0 N–H and O–H groups in total. The van der Waals surface area contributed by atoms with E-state index in [9.17, 15) is 9.59 Å². The third kappa shape index (κ3) is 2.82. The van der Waals surface area contributed by atoms with Crippen LogP contribution in [0.2, 0.25) is 0 Å². The van der Waals surface area contributed by atoms with Gasteiger partial charge in [-0.05, 0) is 38.0 Å². The van der Waals surface area contributed by atoms with Crippen molar-refractivity contribution in [3.05, 3.63) is 47.2 Å². The molecule has 22 heavy (non-hydrogen) atoms. The average Bonchev–Trinajstić information content (AvgIpc) is 2.77. The van der Waals surface area contributed by atoms with Crippen molar-refractivity contribution in [2.24, 2.45) is 7.05 Å². The van der Waals surface area contributed by atoms with Crippen molar-refractivity contribution < 1.29 is 14.3 Å². The molecule has 4 heteroatoms. The molecular formula is C18H21NO3. The number of hydrogen-bond donors (Lipinski definition) is 0. The molecule has 0 fully saturated rings. The van der Waals surface area contributed by atoms with E-state index in [1.807, 2.05) is 49.7 Å². The van der Waals surface area contributed by atoms with E-state index in [0.29, 0.717) is 24.3 Å². The summed E-state index contributed by atoms with van der Waals surface area (Å²) in [7, 11) is 1.87. The molecule has 0 bridgehead atoms. The molecular weight excluding hydrogens is 278 g/mol. The molecule has 0 aliphatic rings. The number of allylic oxidation sites excluding steroid dienone is 1. The number of ether oxygens (including phenoxy) is 1. The average molecular weight is 299 g/mol. The van der Waals surface area contributed by atoms with Gasteiger partial charge in [0.1, 0.15) is 0 Å². The van der Waals surface area contributed by atoms with Gasteiger partial charge in [0.05, 0.1) is 12.3 Å². The van der Waals surface area contributed by atoms with Crippen LogP contribution in [0.1, 0.15) is 36.3 Å². The monoisotopic (exact) mass is 299 g/mol. The predicted molar refractivity (Wildman–Crippen MR) is 87.0 cm³/mol. The van der Waals surface area contributed by atoms with Gasteiger partial charge in [-0.3, -0.25) is 4.79 Å². The van der Waals surface area contributed by atoms with E-state index in [2.05, 4.69) is 0 Å². The smallest absolute Gasteiger partial charge is 0.334 e. The minimum atomic E-state index is -0.422. The Morgan fingerprint density at radius 2 is 1.91 bits per heavy atom. The molecule has 2 aromatic rings. The molecule has 0 amide bonds. The lowest BCUT2D eigenvalue weighted by Gasteiger charge is -2.06. The summed E-state index contributed by atoms with van der Waals surface area (Å²) in [6.07, 6.45) is 1.87. The van der Waals surface area contributed by atoms with E-state index in [-0.39, 0.29) is 5.78 Å². The van der Waals surface area contributed by atoms with Gasteiger partial charge in [-0.2, -0.15) is 0 Å². The number of aryl methyl sites for hydroxylation is 2. The van der Waals surface area contributed by atoms with Crippen molar-refractivity contribution in [3.8, 4) is 0 Å². The van der Waals surface area contributed by atoms with Crippen LogP contribution in [0.3, 0.4) is 0 Å². The fourth-order valence-corrected chi connectivity index (χ4v) is 2.69. The highest BCUT2D eigenvalue weighted by atomic mass is 16.5. The van der Waals surface area contributed by atoms with Gasteiger partial charge < -0.3 is 9.30 Å². The van der Waals surface area contributed by atoms with E-state index >= 15 is 0 Å². The Morgan fingerprint density at radius 1 is 1.23 bits per heavy atom. The number of ketones is 1. The summed E-state index contributed by atoms with van der Waals surface area (Å²) in [5.74, 6) is -0.587. The molecule has 1 heterocycles. The number of carbonyl (C=O) groups excluding carboxylic acids is 2. The highest BCUT2D eigenvalue weighted by Crippen LogP contribution is 2.25. The molecule has 0 unspecified atom stereocenters. The first-order valence-electron chi connectivity index (χ1n) is 7.47. The molecule has 0 atom stereocenters. The van der Waals surface area contributed by atoms with Crippen LogP contribution in [0.15, 0.2) is 35.9 Å². The largest absolute Gasteiger partial charge is 0.463 e. The van der Waals surface area contributed by atoms with Gasteiger partial charge >= 0.3 is 5.97 Å². The number of para-hydroxylation sites is 1. The molecule has 1 aromatic heterocycles. The summed E-state index contributed by atoms with van der Waals surface area (Å²) >= 11 is 0. The lowest BCUT2D eigenvalue weighted by Crippen LogP contribution is -2.11. The maximum atomic E-state index is 12.6. The van der Waals surface area contributed by atoms with E-state index in [0.717, 1.165) is 16.5 Å². The topological polar surface area (TPSA) is 48.3 Å². The number of fused-ring (bicyclic) bond motifs is 1. The van der Waals surface area contributed by atoms with Gasteiger partial charge in [0.25, 0.3) is 0 Å². The van der Waals surface area contributed by atoms with Crippen LogP contribution in [0, 0.1) is 6.92 Å². The maximum Gasteiger partial charge on any atom is 0.334 e. The summed E-state index contributed by atoms with van der Waals surface area (Å²) < 4.78 is 6.86. The van der Waals surface area contributed by atoms with Crippen LogP contribution < -0.4 is 0 Å². The lowest BCUT2D eigenvalue weighted by atomic mass is 10.1. The number of aromatic nitrogens is 1. The highest BCUT2D eigenvalue weighted by Gasteiger charge is 2.18. The first-order valence-corrected chi connectivity index (χ1v) is 7.47. The van der Waals surface area contributed by atoms with Crippen LogP contribution in [0.25, 0.3) is 10.9 Å². The number of hydrogen-bond acceptors (Lipinski definition) is 3. The first-order chi connectivity index (χ1) is 10.5. The molecule has 0 spiro atoms. The fraction of sp³-hybridized carbons (Fsp3) is 0.333. The minimum absolute atomic E-state index is 0.166. The summed E-state index contributed by atoms with van der Waals surface area (Å²) in [4.78, 5) is 24.5. The molecule has 2 rings (SSSR count). The van der Waals surface area contributed by atoms with Crippen molar-refractivity contribution in [1.82, 2.24) is 4.57 Å². The lowest BCUT2D eigenvalue weighted by molar-refractivity contribution is -0.138. The number of esters is 1. The van der Waals surface area contributed by atoms with Crippen LogP contribution in [-0.2, 0) is 16.6 Å². The Morgan fingerprint density at radius 3 is 2.50 bits per heavy atom. The molecule has 0 saturated carbocycles. The predicted octanol–water partition coefficient (Wildman–Crippen LogP) is 3.57. The zero-order valence-corrected chi connectivity index (χ0v) is 13.5. The van der Waals surface area contributed by atoms with Gasteiger partial charge in [-0.1, -0.05) is 25.1 Å². The van der Waals surface area contributed by atoms with Gasteiger partial charge in [-0.15, -0.1) is 0 Å². The highest BCUT2D eigenvalue weighted by molar-refractivity contribution is 6.11. The van der Waals surface area contributed by atoms with Crippen LogP contribution in [0.4, 0.5) is 0 Å². The Kier molecular flexibility index (Phi) is 4.81. The third-order valence-corrected chi connectivity index (χ3v) is 3.82. The Hall–Kier alpha value is -2.36. The SMILES string of the molecule is CCOC(=O)C(=CC(=O)c1c(C)c2ccccc2n1C)CC. The van der Waals surface area contributed by atoms with E-state index in [1.54, 1.807) is 6.92 Å². The summed E-state index contributed by atoms with van der Waals surface area (Å²) in [5, 5.41) is 1.05. The molecule has 0 radical (unpaired) electrons. The van der Waals surface area contributed by atoms with Crippen molar-refractivity contribution in [2.75, 3.05) is 6.61 Å². The second-order valence-corrected chi connectivity index (χ2v) is 5.16. The number of carbonyl (C=O) groups is 2. The zero-order chi connectivity index (χ0) is 16.3. The normalized spacial score (nSPS) is 11.7. The molecule has 0 aliphatic carbocycles. The second kappa shape index (κ2) is 6.60. The van der Waals surface area contributed by atoms with Crippen molar-refractivity contribution in [2.45, 2.75) is 27.2 Å². The Labute approximate surface area is 130 Å². The van der Waals surface area contributed by atoms with Crippen molar-refractivity contribution >= 4 is 22.7 Å². The van der Waals surface area contributed by atoms with Crippen molar-refractivity contribution in [3.63, 3.8) is 0 Å². The molecule has 4 nitrogen and oxygen atoms in total. The number of rotatable bonds is 5. The van der Waals surface area contributed by atoms with E-state index < -0.39 is 5.97 Å². The first kappa shape index (κ1) is 16.0. The number of nitrogens with zero attached hydrogens (tertiary/aromatic N) is 1. The van der Waals surface area contributed by atoms with Gasteiger partial charge in [0.2, 0.25) is 5.78 Å².